The number of carbonyl (C=O) groups is 2. The zero-order valence-corrected chi connectivity index (χ0v) is 14.4. The van der Waals surface area contributed by atoms with E-state index in [1.807, 2.05) is 31.7 Å². The lowest BCUT2D eigenvalue weighted by Crippen LogP contribution is -2.56. The number of nitrogens with zero attached hydrogens (tertiary/aromatic N) is 2. The van der Waals surface area contributed by atoms with Crippen molar-refractivity contribution in [1.82, 2.24) is 4.90 Å². The van der Waals surface area contributed by atoms with Crippen molar-refractivity contribution in [2.75, 3.05) is 29.9 Å². The molecule has 0 aliphatic carbocycles. The Kier molecular flexibility index (Phi) is 3.82. The van der Waals surface area contributed by atoms with Crippen LogP contribution in [-0.2, 0) is 9.59 Å². The third kappa shape index (κ3) is 2.80. The maximum Gasteiger partial charge on any atom is 0.252 e. The van der Waals surface area contributed by atoms with Crippen LogP contribution in [-0.4, -0.2) is 41.9 Å². The number of likely N-dealkylation sites (tertiary alicyclic amines) is 1. The Labute approximate surface area is 137 Å². The third-order valence-corrected chi connectivity index (χ3v) is 4.88. The van der Waals surface area contributed by atoms with Gasteiger partial charge in [0.2, 0.25) is 5.91 Å². The van der Waals surface area contributed by atoms with Crippen LogP contribution < -0.4 is 10.2 Å². The summed E-state index contributed by atoms with van der Waals surface area (Å²) < 4.78 is 0. The average molecular weight is 315 g/mol. The summed E-state index contributed by atoms with van der Waals surface area (Å²) in [4.78, 5) is 28.9. The van der Waals surface area contributed by atoms with Crippen molar-refractivity contribution in [3.63, 3.8) is 0 Å². The van der Waals surface area contributed by atoms with Gasteiger partial charge in [-0.3, -0.25) is 14.5 Å². The van der Waals surface area contributed by atoms with E-state index in [2.05, 4.69) is 18.3 Å². The molecule has 5 heteroatoms. The van der Waals surface area contributed by atoms with Gasteiger partial charge >= 0.3 is 0 Å². The second-order valence-electron chi connectivity index (χ2n) is 7.18. The van der Waals surface area contributed by atoms with Gasteiger partial charge in [-0.1, -0.05) is 0 Å². The molecule has 0 unspecified atom stereocenters. The highest BCUT2D eigenvalue weighted by atomic mass is 16.2. The number of rotatable bonds is 2. The number of hydrogen-bond acceptors (Lipinski definition) is 3. The largest absolute Gasteiger partial charge is 0.370 e. The van der Waals surface area contributed by atoms with Gasteiger partial charge in [-0.2, -0.15) is 0 Å². The van der Waals surface area contributed by atoms with Crippen molar-refractivity contribution in [2.45, 2.75) is 46.1 Å². The number of nitrogens with one attached hydrogen (secondary N) is 1. The number of carbonyl (C=O) groups excluding carboxylic acids is 2. The molecule has 2 heterocycles. The van der Waals surface area contributed by atoms with Gasteiger partial charge in [-0.05, 0) is 63.8 Å². The predicted molar refractivity (Wildman–Crippen MR) is 91.8 cm³/mol. The van der Waals surface area contributed by atoms with E-state index in [1.54, 1.807) is 4.90 Å². The number of anilines is 2. The molecular formula is C18H25N3O2. The summed E-state index contributed by atoms with van der Waals surface area (Å²) in [6.45, 7) is 9.55. The Morgan fingerprint density at radius 3 is 2.43 bits per heavy atom. The van der Waals surface area contributed by atoms with Crippen LogP contribution in [0.2, 0.25) is 0 Å². The van der Waals surface area contributed by atoms with Gasteiger partial charge < -0.3 is 10.2 Å². The smallest absolute Gasteiger partial charge is 0.252 e. The van der Waals surface area contributed by atoms with E-state index in [0.717, 1.165) is 42.9 Å². The van der Waals surface area contributed by atoms with Crippen LogP contribution in [0.5, 0.6) is 0 Å². The maximum atomic E-state index is 12.8. The molecule has 0 atom stereocenters. The lowest BCUT2D eigenvalue weighted by Gasteiger charge is -2.40. The van der Waals surface area contributed by atoms with Crippen LogP contribution >= 0.6 is 0 Å². The van der Waals surface area contributed by atoms with Gasteiger partial charge in [-0.15, -0.1) is 0 Å². The molecule has 2 amide bonds. The molecule has 124 valence electrons. The molecule has 1 N–H and O–H groups in total. The SMILES string of the molecule is Cc1cc2c(cc1C)N(CC(=O)N1CCCC1)C(=O)C(C)(C)N2. The van der Waals surface area contributed by atoms with Crippen LogP contribution in [0.1, 0.15) is 37.8 Å². The summed E-state index contributed by atoms with van der Waals surface area (Å²) in [7, 11) is 0. The topological polar surface area (TPSA) is 52.7 Å². The van der Waals surface area contributed by atoms with E-state index in [4.69, 9.17) is 0 Å². The molecule has 1 fully saturated rings. The van der Waals surface area contributed by atoms with Gasteiger partial charge in [-0.25, -0.2) is 0 Å². The van der Waals surface area contributed by atoms with Crippen molar-refractivity contribution in [1.29, 1.82) is 0 Å². The fourth-order valence-corrected chi connectivity index (χ4v) is 3.32. The minimum Gasteiger partial charge on any atom is -0.370 e. The molecule has 2 aliphatic heterocycles. The summed E-state index contributed by atoms with van der Waals surface area (Å²) in [6, 6.07) is 4.06. The fourth-order valence-electron chi connectivity index (χ4n) is 3.32. The van der Waals surface area contributed by atoms with Crippen LogP contribution in [0.25, 0.3) is 0 Å². The molecule has 1 saturated heterocycles. The maximum absolute atomic E-state index is 12.8. The second-order valence-corrected chi connectivity index (χ2v) is 7.18. The number of benzene rings is 1. The first-order chi connectivity index (χ1) is 10.8. The summed E-state index contributed by atoms with van der Waals surface area (Å²) in [5.41, 5.74) is 3.32. The molecule has 0 spiro atoms. The molecule has 0 radical (unpaired) electrons. The average Bonchev–Trinajstić information content (AvgIpc) is 3.00. The van der Waals surface area contributed by atoms with Crippen molar-refractivity contribution >= 4 is 23.2 Å². The lowest BCUT2D eigenvalue weighted by molar-refractivity contribution is -0.131. The predicted octanol–water partition coefficient (Wildman–Crippen LogP) is 2.46. The molecule has 0 aromatic heterocycles. The molecule has 1 aromatic carbocycles. The highest BCUT2D eigenvalue weighted by Gasteiger charge is 2.40. The molecule has 5 nitrogen and oxygen atoms in total. The van der Waals surface area contributed by atoms with E-state index in [1.165, 1.54) is 5.56 Å². The zero-order valence-electron chi connectivity index (χ0n) is 14.4. The number of amides is 2. The third-order valence-electron chi connectivity index (χ3n) is 4.88. The number of aryl methyl sites for hydroxylation is 2. The summed E-state index contributed by atoms with van der Waals surface area (Å²) in [6.07, 6.45) is 2.11. The van der Waals surface area contributed by atoms with Gasteiger partial charge in [0.1, 0.15) is 12.1 Å². The molecular weight excluding hydrogens is 290 g/mol. The van der Waals surface area contributed by atoms with Crippen molar-refractivity contribution in [2.24, 2.45) is 0 Å². The summed E-state index contributed by atoms with van der Waals surface area (Å²) in [5, 5.41) is 3.31. The standard InChI is InChI=1S/C18H25N3O2/c1-12-9-14-15(10-13(12)2)21(17(23)18(3,4)19-14)11-16(22)20-7-5-6-8-20/h9-10,19H,5-8,11H2,1-4H3. The monoisotopic (exact) mass is 315 g/mol. The quantitative estimate of drug-likeness (QED) is 0.912. The van der Waals surface area contributed by atoms with Gasteiger partial charge in [0, 0.05) is 13.1 Å². The molecule has 23 heavy (non-hydrogen) atoms. The first-order valence-electron chi connectivity index (χ1n) is 8.29. The minimum atomic E-state index is -0.708. The lowest BCUT2D eigenvalue weighted by atomic mass is 9.96. The van der Waals surface area contributed by atoms with Crippen molar-refractivity contribution in [3.05, 3.63) is 23.3 Å². The molecule has 3 rings (SSSR count). The van der Waals surface area contributed by atoms with Gasteiger partial charge in [0.15, 0.2) is 0 Å². The normalized spacial score (nSPS) is 19.6. The Bertz CT molecular complexity index is 660. The van der Waals surface area contributed by atoms with Gasteiger partial charge in [0.05, 0.1) is 11.4 Å². The van der Waals surface area contributed by atoms with Crippen LogP contribution in [0.15, 0.2) is 12.1 Å². The highest BCUT2D eigenvalue weighted by Crippen LogP contribution is 2.37. The Morgan fingerprint density at radius 2 is 1.78 bits per heavy atom. The summed E-state index contributed by atoms with van der Waals surface area (Å²) >= 11 is 0. The Balaban J connectivity index is 1.95. The van der Waals surface area contributed by atoms with Gasteiger partial charge in [0.25, 0.3) is 5.91 Å². The van der Waals surface area contributed by atoms with Crippen LogP contribution in [0.4, 0.5) is 11.4 Å². The minimum absolute atomic E-state index is 0.0396. The highest BCUT2D eigenvalue weighted by molar-refractivity contribution is 6.10. The Morgan fingerprint density at radius 1 is 1.17 bits per heavy atom. The van der Waals surface area contributed by atoms with Crippen LogP contribution in [0, 0.1) is 13.8 Å². The number of fused-ring (bicyclic) bond motifs is 1. The Hall–Kier alpha value is -2.04. The second kappa shape index (κ2) is 5.55. The van der Waals surface area contributed by atoms with E-state index in [9.17, 15) is 9.59 Å². The number of hydrogen-bond donors (Lipinski definition) is 1. The van der Waals surface area contributed by atoms with E-state index < -0.39 is 5.54 Å². The van der Waals surface area contributed by atoms with Crippen LogP contribution in [0.3, 0.4) is 0 Å². The molecule has 1 aromatic rings. The molecule has 2 aliphatic rings. The van der Waals surface area contributed by atoms with E-state index >= 15 is 0 Å². The molecule has 0 bridgehead atoms. The fraction of sp³-hybridized carbons (Fsp3) is 0.556. The van der Waals surface area contributed by atoms with E-state index in [-0.39, 0.29) is 18.4 Å². The zero-order chi connectivity index (χ0) is 16.8. The van der Waals surface area contributed by atoms with Crippen molar-refractivity contribution in [3.8, 4) is 0 Å². The first kappa shape index (κ1) is 15.8. The molecule has 0 saturated carbocycles. The van der Waals surface area contributed by atoms with E-state index in [0.29, 0.717) is 0 Å². The summed E-state index contributed by atoms with van der Waals surface area (Å²) in [5.74, 6) is -0.0153. The first-order valence-corrected chi connectivity index (χ1v) is 8.29. The van der Waals surface area contributed by atoms with Crippen molar-refractivity contribution < 1.29 is 9.59 Å².